The van der Waals surface area contributed by atoms with E-state index in [1.807, 2.05) is 31.3 Å². The number of nitrogens with one attached hydrogen (secondary N) is 1. The first-order valence-corrected chi connectivity index (χ1v) is 4.98. The molecular weight excluding hydrogens is 206 g/mol. The summed E-state index contributed by atoms with van der Waals surface area (Å²) in [7, 11) is 1.88. The first-order valence-electron chi connectivity index (χ1n) is 4.98. The van der Waals surface area contributed by atoms with Crippen LogP contribution in [-0.2, 0) is 4.79 Å². The summed E-state index contributed by atoms with van der Waals surface area (Å²) < 4.78 is 5.01. The third-order valence-electron chi connectivity index (χ3n) is 1.87. The Bertz CT molecular complexity index is 357. The number of ether oxygens (including phenoxy) is 1. The molecule has 0 heterocycles. The van der Waals surface area contributed by atoms with Crippen LogP contribution in [0.4, 0.5) is 0 Å². The van der Waals surface area contributed by atoms with Crippen LogP contribution in [0.2, 0.25) is 0 Å². The van der Waals surface area contributed by atoms with Crippen LogP contribution in [0.15, 0.2) is 30.3 Å². The molecule has 0 saturated heterocycles. The van der Waals surface area contributed by atoms with E-state index in [1.54, 1.807) is 12.1 Å². The van der Waals surface area contributed by atoms with Crippen LogP contribution < -0.4 is 10.1 Å². The molecule has 0 atom stereocenters. The van der Waals surface area contributed by atoms with Gasteiger partial charge in [-0.25, -0.2) is 4.79 Å². The molecule has 16 heavy (non-hydrogen) atoms. The van der Waals surface area contributed by atoms with E-state index in [0.717, 1.165) is 12.1 Å². The average molecular weight is 221 g/mol. The standard InChI is InChI=1S/C12H15NO3/c1-13-8-2-3-10-4-6-11(7-5-10)16-9-12(14)15/h2-7,13H,8-9H2,1H3,(H,14,15). The molecule has 4 heteroatoms. The molecule has 0 fully saturated rings. The molecule has 0 spiro atoms. The second kappa shape index (κ2) is 6.63. The van der Waals surface area contributed by atoms with Crippen LogP contribution in [-0.4, -0.2) is 31.3 Å². The molecule has 1 aromatic rings. The van der Waals surface area contributed by atoms with Crippen molar-refractivity contribution >= 4 is 12.0 Å². The van der Waals surface area contributed by atoms with Crippen LogP contribution in [0.1, 0.15) is 5.56 Å². The molecule has 1 aromatic carbocycles. The Morgan fingerprint density at radius 2 is 2.12 bits per heavy atom. The van der Waals surface area contributed by atoms with E-state index in [2.05, 4.69) is 5.32 Å². The Morgan fingerprint density at radius 1 is 1.44 bits per heavy atom. The Labute approximate surface area is 94.6 Å². The van der Waals surface area contributed by atoms with Crippen molar-refractivity contribution in [1.82, 2.24) is 5.32 Å². The van der Waals surface area contributed by atoms with E-state index in [9.17, 15) is 4.79 Å². The smallest absolute Gasteiger partial charge is 0.341 e. The van der Waals surface area contributed by atoms with Gasteiger partial charge in [-0.05, 0) is 24.7 Å². The Hall–Kier alpha value is -1.81. The van der Waals surface area contributed by atoms with Gasteiger partial charge >= 0.3 is 5.97 Å². The van der Waals surface area contributed by atoms with E-state index in [4.69, 9.17) is 9.84 Å². The quantitative estimate of drug-likeness (QED) is 0.762. The first-order chi connectivity index (χ1) is 7.72. The van der Waals surface area contributed by atoms with Gasteiger partial charge in [-0.2, -0.15) is 0 Å². The Kier molecular flexibility index (Phi) is 5.08. The molecule has 0 unspecified atom stereocenters. The minimum atomic E-state index is -0.974. The highest BCUT2D eigenvalue weighted by atomic mass is 16.5. The fourth-order valence-corrected chi connectivity index (χ4v) is 1.13. The number of carboxylic acid groups (broad SMARTS) is 1. The van der Waals surface area contributed by atoms with Crippen molar-refractivity contribution in [2.75, 3.05) is 20.2 Å². The summed E-state index contributed by atoms with van der Waals surface area (Å²) in [5.41, 5.74) is 1.05. The highest BCUT2D eigenvalue weighted by Gasteiger charge is 1.98. The van der Waals surface area contributed by atoms with Gasteiger partial charge in [-0.1, -0.05) is 24.3 Å². The summed E-state index contributed by atoms with van der Waals surface area (Å²) >= 11 is 0. The van der Waals surface area contributed by atoms with E-state index in [1.165, 1.54) is 0 Å². The van der Waals surface area contributed by atoms with Crippen molar-refractivity contribution in [3.63, 3.8) is 0 Å². The Morgan fingerprint density at radius 3 is 2.69 bits per heavy atom. The van der Waals surface area contributed by atoms with E-state index < -0.39 is 5.97 Å². The van der Waals surface area contributed by atoms with Crippen molar-refractivity contribution in [3.05, 3.63) is 35.9 Å². The molecule has 1 rings (SSSR count). The number of likely N-dealkylation sites (N-methyl/N-ethyl adjacent to an activating group) is 1. The normalized spacial score (nSPS) is 10.6. The molecule has 4 nitrogen and oxygen atoms in total. The maximum atomic E-state index is 10.3. The number of benzene rings is 1. The molecule has 0 aliphatic rings. The van der Waals surface area contributed by atoms with Gasteiger partial charge in [0.15, 0.2) is 6.61 Å². The zero-order valence-corrected chi connectivity index (χ0v) is 9.14. The molecule has 0 aliphatic carbocycles. The molecule has 0 amide bonds. The van der Waals surface area contributed by atoms with Gasteiger partial charge in [0.25, 0.3) is 0 Å². The maximum Gasteiger partial charge on any atom is 0.341 e. The third-order valence-corrected chi connectivity index (χ3v) is 1.87. The van der Waals surface area contributed by atoms with E-state index >= 15 is 0 Å². The zero-order valence-electron chi connectivity index (χ0n) is 9.14. The number of hydrogen-bond donors (Lipinski definition) is 2. The van der Waals surface area contributed by atoms with E-state index in [0.29, 0.717) is 5.75 Å². The number of rotatable bonds is 6. The van der Waals surface area contributed by atoms with Crippen LogP contribution in [0.25, 0.3) is 6.08 Å². The van der Waals surface area contributed by atoms with Gasteiger partial charge in [0.1, 0.15) is 5.75 Å². The summed E-state index contributed by atoms with van der Waals surface area (Å²) in [5, 5.41) is 11.4. The second-order valence-electron chi connectivity index (χ2n) is 3.21. The molecule has 0 aromatic heterocycles. The molecule has 0 bridgehead atoms. The highest BCUT2D eigenvalue weighted by Crippen LogP contribution is 2.12. The fourth-order valence-electron chi connectivity index (χ4n) is 1.13. The zero-order chi connectivity index (χ0) is 11.8. The monoisotopic (exact) mass is 221 g/mol. The van der Waals surface area contributed by atoms with Gasteiger partial charge in [0.05, 0.1) is 0 Å². The average Bonchev–Trinajstić information content (AvgIpc) is 2.28. The minimum Gasteiger partial charge on any atom is -0.482 e. The van der Waals surface area contributed by atoms with Crippen molar-refractivity contribution in [2.24, 2.45) is 0 Å². The minimum absolute atomic E-state index is 0.311. The molecule has 0 radical (unpaired) electrons. The van der Waals surface area contributed by atoms with Crippen molar-refractivity contribution < 1.29 is 14.6 Å². The van der Waals surface area contributed by atoms with Gasteiger partial charge in [-0.3, -0.25) is 0 Å². The summed E-state index contributed by atoms with van der Waals surface area (Å²) in [6.45, 7) is 0.506. The topological polar surface area (TPSA) is 58.6 Å². The maximum absolute atomic E-state index is 10.3. The molecule has 0 aliphatic heterocycles. The summed E-state index contributed by atoms with van der Waals surface area (Å²) in [5.74, 6) is -0.411. The van der Waals surface area contributed by atoms with Gasteiger partial charge in [0.2, 0.25) is 0 Å². The molecule has 2 N–H and O–H groups in total. The largest absolute Gasteiger partial charge is 0.482 e. The molecular formula is C12H15NO3. The lowest BCUT2D eigenvalue weighted by atomic mass is 10.2. The second-order valence-corrected chi connectivity index (χ2v) is 3.21. The summed E-state index contributed by atoms with van der Waals surface area (Å²) in [6.07, 6.45) is 3.99. The lowest BCUT2D eigenvalue weighted by Gasteiger charge is -2.02. The SMILES string of the molecule is CNCC=Cc1ccc(OCC(=O)O)cc1. The van der Waals surface area contributed by atoms with Crippen molar-refractivity contribution in [2.45, 2.75) is 0 Å². The number of hydrogen-bond acceptors (Lipinski definition) is 3. The van der Waals surface area contributed by atoms with Gasteiger partial charge < -0.3 is 15.2 Å². The Balaban J connectivity index is 2.50. The van der Waals surface area contributed by atoms with Gasteiger partial charge in [0, 0.05) is 6.54 Å². The first kappa shape index (κ1) is 12.3. The lowest BCUT2D eigenvalue weighted by Crippen LogP contribution is -2.09. The molecule has 0 saturated carbocycles. The van der Waals surface area contributed by atoms with E-state index in [-0.39, 0.29) is 6.61 Å². The van der Waals surface area contributed by atoms with Crippen LogP contribution in [0.3, 0.4) is 0 Å². The predicted molar refractivity (Wildman–Crippen MR) is 62.5 cm³/mol. The summed E-state index contributed by atoms with van der Waals surface area (Å²) in [6, 6.07) is 7.26. The summed E-state index contributed by atoms with van der Waals surface area (Å²) in [4.78, 5) is 10.3. The van der Waals surface area contributed by atoms with Crippen molar-refractivity contribution in [3.8, 4) is 5.75 Å². The van der Waals surface area contributed by atoms with Crippen molar-refractivity contribution in [1.29, 1.82) is 0 Å². The number of carboxylic acids is 1. The fraction of sp³-hybridized carbons (Fsp3) is 0.250. The lowest BCUT2D eigenvalue weighted by molar-refractivity contribution is -0.139. The highest BCUT2D eigenvalue weighted by molar-refractivity contribution is 5.68. The number of aliphatic carboxylic acids is 1. The van der Waals surface area contributed by atoms with Crippen LogP contribution >= 0.6 is 0 Å². The third kappa shape index (κ3) is 4.61. The molecule has 86 valence electrons. The predicted octanol–water partition coefficient (Wildman–Crippen LogP) is 1.38. The van der Waals surface area contributed by atoms with Crippen LogP contribution in [0.5, 0.6) is 5.75 Å². The van der Waals surface area contributed by atoms with Crippen LogP contribution in [0, 0.1) is 0 Å². The van der Waals surface area contributed by atoms with Gasteiger partial charge in [-0.15, -0.1) is 0 Å². The number of carbonyl (C=O) groups is 1.